The van der Waals surface area contributed by atoms with Crippen molar-refractivity contribution >= 4 is 39.1 Å². The van der Waals surface area contributed by atoms with Crippen LogP contribution in [0, 0.1) is 0 Å². The van der Waals surface area contributed by atoms with E-state index in [1.54, 1.807) is 0 Å². The maximum Gasteiger partial charge on any atom is 0.0557 e. The minimum Gasteiger partial charge on any atom is -0.338 e. The van der Waals surface area contributed by atoms with Gasteiger partial charge in [0.05, 0.1) is 6.04 Å². The maximum atomic E-state index is 2.49. The lowest BCUT2D eigenvalue weighted by Gasteiger charge is -2.34. The first-order chi connectivity index (χ1) is 27.9. The third kappa shape index (κ3) is 6.72. The number of hydrogen-bond acceptors (Lipinski definition) is 2. The Labute approximate surface area is 338 Å². The summed E-state index contributed by atoms with van der Waals surface area (Å²) in [6, 6.07) is 60.1. The molecule has 7 aromatic carbocycles. The number of fused-ring (bicyclic) bond motifs is 4. The van der Waals surface area contributed by atoms with E-state index in [0.717, 1.165) is 23.5 Å². The Morgan fingerprint density at radius 2 is 1.25 bits per heavy atom. The zero-order chi connectivity index (χ0) is 38.9. The van der Waals surface area contributed by atoms with Gasteiger partial charge >= 0.3 is 0 Å². The third-order valence-corrected chi connectivity index (χ3v) is 11.9. The number of anilines is 4. The average molecular weight is 737 g/mol. The molecule has 2 nitrogen and oxygen atoms in total. The van der Waals surface area contributed by atoms with Gasteiger partial charge in [0.15, 0.2) is 0 Å². The molecule has 0 fully saturated rings. The molecule has 2 aliphatic carbocycles. The van der Waals surface area contributed by atoms with Gasteiger partial charge in [-0.2, -0.15) is 0 Å². The molecule has 0 saturated heterocycles. The molecule has 2 heteroatoms. The summed E-state index contributed by atoms with van der Waals surface area (Å²) in [6.45, 7) is 8.99. The molecule has 0 heterocycles. The van der Waals surface area contributed by atoms with Crippen molar-refractivity contribution in [3.8, 4) is 22.3 Å². The van der Waals surface area contributed by atoms with Crippen LogP contribution in [0.4, 0.5) is 22.7 Å². The van der Waals surface area contributed by atoms with Gasteiger partial charge in [0.1, 0.15) is 0 Å². The fourth-order valence-electron chi connectivity index (χ4n) is 8.89. The molecule has 9 rings (SSSR count). The van der Waals surface area contributed by atoms with Crippen LogP contribution in [-0.4, -0.2) is 6.04 Å². The van der Waals surface area contributed by atoms with Crippen molar-refractivity contribution < 1.29 is 0 Å². The van der Waals surface area contributed by atoms with Gasteiger partial charge < -0.3 is 9.80 Å². The monoisotopic (exact) mass is 736 g/mol. The van der Waals surface area contributed by atoms with Gasteiger partial charge in [-0.05, 0) is 119 Å². The van der Waals surface area contributed by atoms with Crippen LogP contribution in [0.5, 0.6) is 0 Å². The summed E-state index contributed by atoms with van der Waals surface area (Å²) in [5, 5.41) is 2.52. The molecule has 0 radical (unpaired) electrons. The van der Waals surface area contributed by atoms with Crippen molar-refractivity contribution in [2.24, 2.45) is 0 Å². The van der Waals surface area contributed by atoms with Crippen LogP contribution in [0.2, 0.25) is 0 Å². The normalized spacial score (nSPS) is 15.7. The molecule has 1 unspecified atom stereocenters. The van der Waals surface area contributed by atoms with Gasteiger partial charge in [-0.25, -0.2) is 0 Å². The zero-order valence-corrected chi connectivity index (χ0v) is 33.2. The smallest absolute Gasteiger partial charge is 0.0557 e. The molecule has 1 atom stereocenters. The molecule has 0 aromatic heterocycles. The van der Waals surface area contributed by atoms with Gasteiger partial charge in [0.25, 0.3) is 0 Å². The topological polar surface area (TPSA) is 6.48 Å². The third-order valence-electron chi connectivity index (χ3n) is 11.9. The van der Waals surface area contributed by atoms with Crippen molar-refractivity contribution in [2.45, 2.75) is 45.6 Å². The van der Waals surface area contributed by atoms with Crippen molar-refractivity contribution in [1.29, 1.82) is 0 Å². The minimum atomic E-state index is -0.0868. The molecule has 0 N–H and O–H groups in total. The fraction of sp³-hybridized carbons (Fsp3) is 0.127. The second-order valence-electron chi connectivity index (χ2n) is 15.7. The van der Waals surface area contributed by atoms with Crippen molar-refractivity contribution in [2.75, 3.05) is 9.80 Å². The summed E-state index contributed by atoms with van der Waals surface area (Å²) in [4.78, 5) is 4.90. The molecule has 0 spiro atoms. The predicted molar refractivity (Wildman–Crippen MR) is 245 cm³/mol. The first-order valence-corrected chi connectivity index (χ1v) is 20.2. The lowest BCUT2D eigenvalue weighted by atomic mass is 9.82. The highest BCUT2D eigenvalue weighted by atomic mass is 15.2. The molecule has 0 saturated carbocycles. The van der Waals surface area contributed by atoms with Gasteiger partial charge in [0.2, 0.25) is 0 Å². The largest absolute Gasteiger partial charge is 0.338 e. The standard InChI is InChI=1S/C55H48N2/c1-5-6-15-39(2)56(54-23-14-19-44-18-10-11-20-49(44)54)45-30-24-42(25-31-45)43-28-34-47(35-29-43)57(46-32-26-41(27-33-46)40-16-8-7-9-17-40)48-36-37-51-50-21-12-13-22-52(50)55(3,4)53(51)38-48/h5-30,32-38,45H,31H2,1-4H3/b6-5-,39-15+. The highest BCUT2D eigenvalue weighted by Gasteiger charge is 2.35. The molecule has 7 aromatic rings. The van der Waals surface area contributed by atoms with E-state index in [4.69, 9.17) is 0 Å². The molecule has 0 amide bonds. The Morgan fingerprint density at radius 3 is 1.98 bits per heavy atom. The highest BCUT2D eigenvalue weighted by molar-refractivity contribution is 5.95. The van der Waals surface area contributed by atoms with Crippen molar-refractivity contribution in [3.63, 3.8) is 0 Å². The Morgan fingerprint density at radius 1 is 0.614 bits per heavy atom. The van der Waals surface area contributed by atoms with E-state index in [2.05, 4.69) is 238 Å². The second-order valence-corrected chi connectivity index (χ2v) is 15.7. The first kappa shape index (κ1) is 36.0. The lowest BCUT2D eigenvalue weighted by molar-refractivity contribution is 0.660. The van der Waals surface area contributed by atoms with E-state index >= 15 is 0 Å². The molecular weight excluding hydrogens is 689 g/mol. The molecular formula is C55H48N2. The Bertz CT molecular complexity index is 2690. The number of benzene rings is 7. The average Bonchev–Trinajstić information content (AvgIpc) is 3.49. The molecule has 278 valence electrons. The van der Waals surface area contributed by atoms with Crippen LogP contribution >= 0.6 is 0 Å². The lowest BCUT2D eigenvalue weighted by Crippen LogP contribution is -2.33. The van der Waals surface area contributed by atoms with Crippen molar-refractivity contribution in [3.05, 3.63) is 223 Å². The molecule has 0 aliphatic heterocycles. The van der Waals surface area contributed by atoms with E-state index in [1.165, 1.54) is 66.7 Å². The Balaban J connectivity index is 1.04. The number of nitrogens with zero attached hydrogens (tertiary/aromatic N) is 2. The van der Waals surface area contributed by atoms with Crippen LogP contribution in [0.25, 0.3) is 38.6 Å². The van der Waals surface area contributed by atoms with Crippen LogP contribution in [0.3, 0.4) is 0 Å². The Kier molecular flexibility index (Phi) is 9.56. The van der Waals surface area contributed by atoms with Crippen molar-refractivity contribution in [1.82, 2.24) is 0 Å². The fourth-order valence-corrected chi connectivity index (χ4v) is 8.89. The maximum absolute atomic E-state index is 2.49. The van der Waals surface area contributed by atoms with Crippen LogP contribution < -0.4 is 9.80 Å². The summed E-state index contributed by atoms with van der Waals surface area (Å²) >= 11 is 0. The summed E-state index contributed by atoms with van der Waals surface area (Å²) in [5.74, 6) is 0. The van der Waals surface area contributed by atoms with Crippen LogP contribution in [0.1, 0.15) is 50.8 Å². The molecule has 0 bridgehead atoms. The minimum absolute atomic E-state index is 0.0868. The SMILES string of the molecule is C/C=C\C=C(/C)N(c1cccc2ccccc12)C1C=CC(c2ccc(N(c3ccc(-c4ccccc4)cc3)c3ccc4c(c3)C(C)(C)c3ccccc3-4)cc2)=CC1. The van der Waals surface area contributed by atoms with Crippen LogP contribution in [0.15, 0.2) is 206 Å². The van der Waals surface area contributed by atoms with Gasteiger partial charge in [-0.3, -0.25) is 0 Å². The molecule has 57 heavy (non-hydrogen) atoms. The number of allylic oxidation sites excluding steroid dienone is 6. The first-order valence-electron chi connectivity index (χ1n) is 20.2. The summed E-state index contributed by atoms with van der Waals surface area (Å²) < 4.78 is 0. The van der Waals surface area contributed by atoms with Crippen LogP contribution in [-0.2, 0) is 5.41 Å². The highest BCUT2D eigenvalue weighted by Crippen LogP contribution is 2.50. The molecule has 2 aliphatic rings. The van der Waals surface area contributed by atoms with Gasteiger partial charge in [0, 0.05) is 39.2 Å². The quantitative estimate of drug-likeness (QED) is 0.136. The predicted octanol–water partition coefficient (Wildman–Crippen LogP) is 15.0. The van der Waals surface area contributed by atoms with E-state index < -0.39 is 0 Å². The number of rotatable bonds is 9. The number of hydrogen-bond donors (Lipinski definition) is 0. The van der Waals surface area contributed by atoms with E-state index in [-0.39, 0.29) is 11.5 Å². The zero-order valence-electron chi connectivity index (χ0n) is 33.2. The van der Waals surface area contributed by atoms with E-state index in [0.29, 0.717) is 0 Å². The van der Waals surface area contributed by atoms with Gasteiger partial charge in [-0.1, -0.05) is 166 Å². The van der Waals surface area contributed by atoms with Gasteiger partial charge in [-0.15, -0.1) is 0 Å². The Hall–Kier alpha value is -6.64. The summed E-state index contributed by atoms with van der Waals surface area (Å²) in [6.07, 6.45) is 14.4. The summed E-state index contributed by atoms with van der Waals surface area (Å²) in [7, 11) is 0. The van der Waals surface area contributed by atoms with E-state index in [1.807, 2.05) is 0 Å². The van der Waals surface area contributed by atoms with E-state index in [9.17, 15) is 0 Å². The second kappa shape index (κ2) is 15.1. The summed E-state index contributed by atoms with van der Waals surface area (Å²) in [5.41, 5.74) is 16.1.